The van der Waals surface area contributed by atoms with Gasteiger partial charge in [0.25, 0.3) is 0 Å². The number of carbonyl (C=O) groups is 1. The van der Waals surface area contributed by atoms with Crippen LogP contribution < -0.4 is 15.2 Å². The summed E-state index contributed by atoms with van der Waals surface area (Å²) < 4.78 is 28.7. The maximum absolute atomic E-state index is 14.1. The molecule has 0 radical (unpaired) electrons. The summed E-state index contributed by atoms with van der Waals surface area (Å²) in [5.41, 5.74) is 10.9. The fraction of sp³-hybridized carbons (Fsp3) is 0.294. The van der Waals surface area contributed by atoms with Crippen LogP contribution in [0.1, 0.15) is 53.7 Å². The number of Topliss-reactive ketones (excluding diaryl/α,β-unsaturated/α-hetero) is 1. The normalized spacial score (nSPS) is 15.4. The van der Waals surface area contributed by atoms with Gasteiger partial charge in [0.05, 0.1) is 21.9 Å². The Morgan fingerprint density at radius 3 is 2.56 bits per heavy atom. The van der Waals surface area contributed by atoms with Gasteiger partial charge in [-0.15, -0.1) is 0 Å². The van der Waals surface area contributed by atoms with Gasteiger partial charge in [-0.1, -0.05) is 12.1 Å². The monoisotopic (exact) mass is 644 g/mol. The third kappa shape index (κ3) is 5.96. The second kappa shape index (κ2) is 12.0. The third-order valence-electron chi connectivity index (χ3n) is 8.21. The summed E-state index contributed by atoms with van der Waals surface area (Å²) in [6.07, 6.45) is 6.09. The zero-order chi connectivity index (χ0) is 30.2. The molecule has 9 heteroatoms. The van der Waals surface area contributed by atoms with Gasteiger partial charge in [0.15, 0.2) is 17.3 Å². The molecule has 1 aliphatic heterocycles. The maximum Gasteiger partial charge on any atom is 0.194 e. The zero-order valence-corrected chi connectivity index (χ0v) is 26.0. The number of carbonyl (C=O) groups excluding carboxylic acids is 1. The summed E-state index contributed by atoms with van der Waals surface area (Å²) >= 11 is 3.68. The van der Waals surface area contributed by atoms with E-state index in [-0.39, 0.29) is 23.5 Å². The van der Waals surface area contributed by atoms with Crippen molar-refractivity contribution in [1.29, 1.82) is 0 Å². The largest absolute Gasteiger partial charge is 0.489 e. The van der Waals surface area contributed by atoms with Crippen molar-refractivity contribution >= 4 is 33.6 Å². The molecule has 2 aliphatic rings. The van der Waals surface area contributed by atoms with Gasteiger partial charge in [-0.2, -0.15) is 5.10 Å². The zero-order valence-electron chi connectivity index (χ0n) is 24.4. The molecular weight excluding hydrogens is 611 g/mol. The summed E-state index contributed by atoms with van der Waals surface area (Å²) in [5.74, 6) is 1.12. The van der Waals surface area contributed by atoms with Crippen LogP contribution in [0, 0.1) is 12.7 Å². The minimum Gasteiger partial charge on any atom is -0.489 e. The number of ketones is 1. The van der Waals surface area contributed by atoms with Crippen LogP contribution in [-0.2, 0) is 6.42 Å². The molecule has 1 aliphatic carbocycles. The van der Waals surface area contributed by atoms with Crippen LogP contribution in [0.25, 0.3) is 11.8 Å². The Morgan fingerprint density at radius 1 is 1.07 bits per heavy atom. The number of fused-ring (bicyclic) bond motifs is 1. The smallest absolute Gasteiger partial charge is 0.194 e. The molecule has 0 saturated carbocycles. The molecule has 0 spiro atoms. The summed E-state index contributed by atoms with van der Waals surface area (Å²) in [5, 5.41) is 4.42. The number of nitrogens with two attached hydrogens (primary N) is 1. The summed E-state index contributed by atoms with van der Waals surface area (Å²) in [6.45, 7) is 8.38. The fourth-order valence-corrected chi connectivity index (χ4v) is 6.19. The number of benzene rings is 3. The number of hydrogen-bond acceptors (Lipinski definition) is 6. The minimum absolute atomic E-state index is 0.147. The van der Waals surface area contributed by atoms with Crippen molar-refractivity contribution in [3.8, 4) is 22.9 Å². The second-order valence-electron chi connectivity index (χ2n) is 11.4. The van der Waals surface area contributed by atoms with Gasteiger partial charge < -0.3 is 20.1 Å². The molecule has 0 atom stereocenters. The number of nitrogen functional groups attached to an aromatic ring is 1. The van der Waals surface area contributed by atoms with E-state index in [1.807, 2.05) is 31.2 Å². The number of nitrogens with zero attached hydrogens (tertiary/aromatic N) is 3. The maximum atomic E-state index is 14.1. The molecule has 222 valence electrons. The molecule has 7 nitrogen and oxygen atoms in total. The van der Waals surface area contributed by atoms with E-state index in [1.54, 1.807) is 30.3 Å². The predicted molar refractivity (Wildman–Crippen MR) is 170 cm³/mol. The lowest BCUT2D eigenvalue weighted by molar-refractivity contribution is 0.0838. The Bertz CT molecular complexity index is 1720. The van der Waals surface area contributed by atoms with Crippen molar-refractivity contribution in [2.24, 2.45) is 0 Å². The van der Waals surface area contributed by atoms with Crippen molar-refractivity contribution in [1.82, 2.24) is 14.7 Å². The third-order valence-corrected chi connectivity index (χ3v) is 8.83. The van der Waals surface area contributed by atoms with E-state index in [9.17, 15) is 9.18 Å². The SMILES string of the molecule is Cc1cc(-n2ncc(C(=O)C3=Cc4cc(OC5CCN(C(C)C)CC5)c(Br)cc4C3)c2N)ccc1Oc1ccccc1F. The van der Waals surface area contributed by atoms with Crippen LogP contribution in [0.3, 0.4) is 0 Å². The molecule has 0 unspecified atom stereocenters. The molecular formula is C34H34BrFN4O3. The quantitative estimate of drug-likeness (QED) is 0.200. The number of aromatic nitrogens is 2. The Kier molecular flexibility index (Phi) is 8.11. The molecule has 2 heterocycles. The number of aryl methyl sites for hydroxylation is 1. The standard InChI is InChI=1S/C34H34BrFN4O3/c1-20(2)39-12-10-26(11-13-39)42-32-18-23-16-24(15-22(23)17-28(32)35)33(41)27-19-38-40(34(27)37)25-8-9-30(21(3)14-25)43-31-7-5-4-6-29(31)36/h4-9,14,16-20,26H,10-13,15,37H2,1-3H3. The van der Waals surface area contributed by atoms with E-state index in [0.29, 0.717) is 35.0 Å². The number of ether oxygens (including phenoxy) is 2. The van der Waals surface area contributed by atoms with Crippen molar-refractivity contribution in [2.75, 3.05) is 18.8 Å². The summed E-state index contributed by atoms with van der Waals surface area (Å²) in [6, 6.07) is 16.2. The first-order valence-corrected chi connectivity index (χ1v) is 15.3. The highest BCUT2D eigenvalue weighted by atomic mass is 79.9. The van der Waals surface area contributed by atoms with E-state index >= 15 is 0 Å². The van der Waals surface area contributed by atoms with Gasteiger partial charge in [-0.05, 0) is 115 Å². The Morgan fingerprint density at radius 2 is 1.84 bits per heavy atom. The molecule has 43 heavy (non-hydrogen) atoms. The average Bonchev–Trinajstić information content (AvgIpc) is 3.58. The van der Waals surface area contributed by atoms with Crippen molar-refractivity contribution in [2.45, 2.75) is 52.2 Å². The van der Waals surface area contributed by atoms with Crippen molar-refractivity contribution in [3.63, 3.8) is 0 Å². The number of piperidine rings is 1. The lowest BCUT2D eigenvalue weighted by atomic mass is 10.0. The summed E-state index contributed by atoms with van der Waals surface area (Å²) in [7, 11) is 0. The first kappa shape index (κ1) is 29.1. The molecule has 6 rings (SSSR count). The highest BCUT2D eigenvalue weighted by Gasteiger charge is 2.27. The number of hydrogen-bond donors (Lipinski definition) is 1. The first-order valence-electron chi connectivity index (χ1n) is 14.5. The van der Waals surface area contributed by atoms with Gasteiger partial charge >= 0.3 is 0 Å². The molecule has 1 aromatic heterocycles. The number of likely N-dealkylation sites (tertiary alicyclic amines) is 1. The number of halogens is 2. The van der Waals surface area contributed by atoms with Gasteiger partial charge in [-0.3, -0.25) is 4.79 Å². The molecule has 4 aromatic rings. The Labute approximate surface area is 259 Å². The van der Waals surface area contributed by atoms with Gasteiger partial charge in [0.1, 0.15) is 23.4 Å². The van der Waals surface area contributed by atoms with Crippen LogP contribution in [0.4, 0.5) is 10.2 Å². The van der Waals surface area contributed by atoms with Crippen LogP contribution in [0.5, 0.6) is 17.2 Å². The second-order valence-corrected chi connectivity index (χ2v) is 12.3. The summed E-state index contributed by atoms with van der Waals surface area (Å²) in [4.78, 5) is 16.1. The lowest BCUT2D eigenvalue weighted by Crippen LogP contribution is -2.41. The lowest BCUT2D eigenvalue weighted by Gasteiger charge is -2.34. The predicted octanol–water partition coefficient (Wildman–Crippen LogP) is 7.53. The highest BCUT2D eigenvalue weighted by molar-refractivity contribution is 9.10. The van der Waals surface area contributed by atoms with E-state index in [2.05, 4.69) is 39.8 Å². The fourth-order valence-electron chi connectivity index (χ4n) is 5.70. The van der Waals surface area contributed by atoms with Gasteiger partial charge in [0.2, 0.25) is 0 Å². The molecule has 1 fully saturated rings. The Balaban J connectivity index is 1.17. The van der Waals surface area contributed by atoms with Gasteiger partial charge in [0, 0.05) is 31.1 Å². The van der Waals surface area contributed by atoms with Crippen molar-refractivity contribution in [3.05, 3.63) is 98.9 Å². The number of rotatable bonds is 8. The van der Waals surface area contributed by atoms with Crippen LogP contribution in [-0.4, -0.2) is 45.7 Å². The van der Waals surface area contributed by atoms with Gasteiger partial charge in [-0.25, -0.2) is 9.07 Å². The van der Waals surface area contributed by atoms with E-state index in [4.69, 9.17) is 15.2 Å². The van der Waals surface area contributed by atoms with Crippen LogP contribution in [0.2, 0.25) is 0 Å². The van der Waals surface area contributed by atoms with E-state index in [0.717, 1.165) is 52.8 Å². The van der Waals surface area contributed by atoms with Crippen molar-refractivity contribution < 1.29 is 18.7 Å². The molecule has 2 N–H and O–H groups in total. The number of allylic oxidation sites excluding steroid dienone is 1. The van der Waals surface area contributed by atoms with Crippen LogP contribution >= 0.6 is 15.9 Å². The van der Waals surface area contributed by atoms with Crippen LogP contribution in [0.15, 0.2) is 70.8 Å². The molecule has 0 amide bonds. The highest BCUT2D eigenvalue weighted by Crippen LogP contribution is 2.37. The number of anilines is 1. The number of para-hydroxylation sites is 1. The first-order chi connectivity index (χ1) is 20.7. The molecule has 0 bridgehead atoms. The molecule has 3 aromatic carbocycles. The van der Waals surface area contributed by atoms with E-state index < -0.39 is 5.82 Å². The van der Waals surface area contributed by atoms with E-state index in [1.165, 1.54) is 16.9 Å². The average molecular weight is 646 g/mol. The minimum atomic E-state index is -0.438. The topological polar surface area (TPSA) is 82.6 Å². The Hall–Kier alpha value is -3.95. The molecule has 1 saturated heterocycles.